The van der Waals surface area contributed by atoms with Crippen LogP contribution in [0, 0.1) is 0 Å². The highest BCUT2D eigenvalue weighted by Crippen LogP contribution is 2.47. The van der Waals surface area contributed by atoms with Crippen LogP contribution in [0.15, 0.2) is 48.5 Å². The summed E-state index contributed by atoms with van der Waals surface area (Å²) in [6, 6.07) is 15.3. The van der Waals surface area contributed by atoms with Crippen LogP contribution in [0.25, 0.3) is 32.7 Å². The van der Waals surface area contributed by atoms with Gasteiger partial charge in [-0.15, -0.1) is 0 Å². The van der Waals surface area contributed by atoms with Gasteiger partial charge in [-0.25, -0.2) is 0 Å². The number of phenolic OH excluding ortho intramolecular Hbond substituents is 2. The largest absolute Gasteiger partial charge is 0.507 e. The SMILES string of the molecule is CCCCc1ccc2c(-c3c(O)c(C=O)cc4cc(CCCC)ccc34)c(O)c(C=O)cc2c1. The number of carbonyl (C=O) groups is 2. The molecule has 4 nitrogen and oxygen atoms in total. The number of benzene rings is 4. The second kappa shape index (κ2) is 10.1. The van der Waals surface area contributed by atoms with Gasteiger partial charge >= 0.3 is 0 Å². The van der Waals surface area contributed by atoms with E-state index in [2.05, 4.69) is 13.8 Å². The van der Waals surface area contributed by atoms with Crippen molar-refractivity contribution in [3.8, 4) is 22.6 Å². The van der Waals surface area contributed by atoms with Gasteiger partial charge < -0.3 is 10.2 Å². The molecule has 0 unspecified atom stereocenters. The smallest absolute Gasteiger partial charge is 0.153 e. The van der Waals surface area contributed by atoms with E-state index in [-0.39, 0.29) is 22.6 Å². The molecule has 0 saturated heterocycles. The number of carbonyl (C=O) groups excluding carboxylic acids is 2. The number of fused-ring (bicyclic) bond motifs is 2. The summed E-state index contributed by atoms with van der Waals surface area (Å²) in [6.45, 7) is 4.28. The Bertz CT molecular complexity index is 1280. The highest BCUT2D eigenvalue weighted by Gasteiger charge is 2.22. The summed E-state index contributed by atoms with van der Waals surface area (Å²) in [4.78, 5) is 23.7. The summed E-state index contributed by atoms with van der Waals surface area (Å²) in [5.41, 5.74) is 3.35. The molecule has 0 aliphatic rings. The van der Waals surface area contributed by atoms with Crippen LogP contribution in [-0.2, 0) is 12.8 Å². The molecule has 0 saturated carbocycles. The standard InChI is InChI=1S/C30H30O4/c1-3-5-7-19-9-11-25-21(13-19)15-23(17-31)29(33)27(25)28-26-12-10-20(8-6-4-2)14-22(26)16-24(18-32)30(28)34/h9-18,33-34H,3-8H2,1-2H3. The lowest BCUT2D eigenvalue weighted by Crippen LogP contribution is -1.95. The first-order valence-electron chi connectivity index (χ1n) is 12.0. The molecule has 0 amide bonds. The van der Waals surface area contributed by atoms with Gasteiger partial charge in [-0.1, -0.05) is 63.1 Å². The zero-order chi connectivity index (χ0) is 24.2. The summed E-state index contributed by atoms with van der Waals surface area (Å²) in [6.07, 6.45) is 7.39. The lowest BCUT2D eigenvalue weighted by atomic mass is 9.87. The number of aryl methyl sites for hydroxylation is 2. The van der Waals surface area contributed by atoms with E-state index in [1.807, 2.05) is 36.4 Å². The Kier molecular flexibility index (Phi) is 6.97. The highest BCUT2D eigenvalue weighted by atomic mass is 16.3. The number of aldehydes is 2. The van der Waals surface area contributed by atoms with Crippen LogP contribution in [0.4, 0.5) is 0 Å². The van der Waals surface area contributed by atoms with Crippen molar-refractivity contribution < 1.29 is 19.8 Å². The number of hydrogen-bond donors (Lipinski definition) is 2. The maximum absolute atomic E-state index is 11.8. The van der Waals surface area contributed by atoms with Gasteiger partial charge in [-0.05, 0) is 70.5 Å². The van der Waals surface area contributed by atoms with Crippen LogP contribution >= 0.6 is 0 Å². The Morgan fingerprint density at radius 2 is 1.06 bits per heavy atom. The van der Waals surface area contributed by atoms with Crippen molar-refractivity contribution in [2.75, 3.05) is 0 Å². The zero-order valence-corrected chi connectivity index (χ0v) is 19.7. The molecule has 4 heteroatoms. The molecule has 0 aliphatic carbocycles. The summed E-state index contributed by atoms with van der Waals surface area (Å²) >= 11 is 0. The Hall–Kier alpha value is -3.66. The molecule has 174 valence electrons. The average Bonchev–Trinajstić information content (AvgIpc) is 2.86. The quantitative estimate of drug-likeness (QED) is 0.259. The maximum Gasteiger partial charge on any atom is 0.153 e. The van der Waals surface area contributed by atoms with Gasteiger partial charge in [0.05, 0.1) is 11.1 Å². The van der Waals surface area contributed by atoms with Crippen molar-refractivity contribution in [1.82, 2.24) is 0 Å². The lowest BCUT2D eigenvalue weighted by molar-refractivity contribution is 0.111. The fourth-order valence-corrected chi connectivity index (χ4v) is 4.69. The van der Waals surface area contributed by atoms with Crippen LogP contribution < -0.4 is 0 Å². The van der Waals surface area contributed by atoms with E-state index in [0.29, 0.717) is 23.7 Å². The van der Waals surface area contributed by atoms with Crippen molar-refractivity contribution in [1.29, 1.82) is 0 Å². The van der Waals surface area contributed by atoms with Crippen LogP contribution in [0.2, 0.25) is 0 Å². The molecule has 34 heavy (non-hydrogen) atoms. The molecule has 0 radical (unpaired) electrons. The van der Waals surface area contributed by atoms with Crippen molar-refractivity contribution >= 4 is 34.1 Å². The summed E-state index contributed by atoms with van der Waals surface area (Å²) in [7, 11) is 0. The molecule has 0 spiro atoms. The fraction of sp³-hybridized carbons (Fsp3) is 0.267. The first kappa shape index (κ1) is 23.5. The lowest BCUT2D eigenvalue weighted by Gasteiger charge is -2.18. The molecule has 0 fully saturated rings. The first-order chi connectivity index (χ1) is 16.5. The van der Waals surface area contributed by atoms with Crippen molar-refractivity contribution in [3.05, 3.63) is 70.8 Å². The molecule has 0 aromatic heterocycles. The summed E-state index contributed by atoms with van der Waals surface area (Å²) in [5.74, 6) is -0.392. The van der Waals surface area contributed by atoms with Crippen LogP contribution in [0.3, 0.4) is 0 Å². The predicted octanol–water partition coefficient (Wildman–Crippen LogP) is 7.38. The van der Waals surface area contributed by atoms with Gasteiger partial charge in [0.1, 0.15) is 11.5 Å². The molecular weight excluding hydrogens is 424 g/mol. The van der Waals surface area contributed by atoms with E-state index in [4.69, 9.17) is 0 Å². The number of rotatable bonds is 9. The monoisotopic (exact) mass is 454 g/mol. The van der Waals surface area contributed by atoms with Gasteiger partial charge in [0.15, 0.2) is 12.6 Å². The molecule has 0 aliphatic heterocycles. The minimum atomic E-state index is -0.196. The van der Waals surface area contributed by atoms with E-state index in [0.717, 1.165) is 71.2 Å². The third-order valence-electron chi connectivity index (χ3n) is 6.56. The second-order valence-electron chi connectivity index (χ2n) is 8.93. The molecule has 4 rings (SSSR count). The molecule has 4 aromatic rings. The van der Waals surface area contributed by atoms with Crippen molar-refractivity contribution in [2.45, 2.75) is 52.4 Å². The fourth-order valence-electron chi connectivity index (χ4n) is 4.69. The molecular formula is C30H30O4. The molecule has 0 atom stereocenters. The van der Waals surface area contributed by atoms with E-state index in [1.54, 1.807) is 12.1 Å². The van der Waals surface area contributed by atoms with Crippen molar-refractivity contribution in [2.24, 2.45) is 0 Å². The average molecular weight is 455 g/mol. The molecule has 4 aromatic carbocycles. The van der Waals surface area contributed by atoms with Crippen molar-refractivity contribution in [3.63, 3.8) is 0 Å². The molecule has 0 bridgehead atoms. The predicted molar refractivity (Wildman–Crippen MR) is 138 cm³/mol. The van der Waals surface area contributed by atoms with Crippen LogP contribution in [-0.4, -0.2) is 22.8 Å². The topological polar surface area (TPSA) is 74.6 Å². The summed E-state index contributed by atoms with van der Waals surface area (Å²) < 4.78 is 0. The normalized spacial score (nSPS) is 11.2. The highest BCUT2D eigenvalue weighted by molar-refractivity contribution is 6.13. The Balaban J connectivity index is 2.05. The number of aromatic hydroxyl groups is 2. The summed E-state index contributed by atoms with van der Waals surface area (Å²) in [5, 5.41) is 25.3. The van der Waals surface area contributed by atoms with Gasteiger partial charge in [0.25, 0.3) is 0 Å². The van der Waals surface area contributed by atoms with Gasteiger partial charge in [-0.3, -0.25) is 9.59 Å². The Morgan fingerprint density at radius 3 is 1.41 bits per heavy atom. The van der Waals surface area contributed by atoms with E-state index < -0.39 is 0 Å². The Labute approximate surface area is 199 Å². The van der Waals surface area contributed by atoms with E-state index >= 15 is 0 Å². The third kappa shape index (κ3) is 4.28. The zero-order valence-electron chi connectivity index (χ0n) is 19.7. The first-order valence-corrected chi connectivity index (χ1v) is 12.0. The minimum Gasteiger partial charge on any atom is -0.507 e. The van der Waals surface area contributed by atoms with Gasteiger partial charge in [-0.2, -0.15) is 0 Å². The second-order valence-corrected chi connectivity index (χ2v) is 8.93. The minimum absolute atomic E-state index is 0.152. The maximum atomic E-state index is 11.8. The number of hydrogen-bond acceptors (Lipinski definition) is 4. The van der Waals surface area contributed by atoms with E-state index in [1.165, 1.54) is 0 Å². The third-order valence-corrected chi connectivity index (χ3v) is 6.56. The van der Waals surface area contributed by atoms with Crippen LogP contribution in [0.5, 0.6) is 11.5 Å². The van der Waals surface area contributed by atoms with Gasteiger partial charge in [0.2, 0.25) is 0 Å². The number of unbranched alkanes of at least 4 members (excludes halogenated alkanes) is 2. The molecule has 0 heterocycles. The Morgan fingerprint density at radius 1 is 0.647 bits per heavy atom. The van der Waals surface area contributed by atoms with Gasteiger partial charge in [0, 0.05) is 11.1 Å². The van der Waals surface area contributed by atoms with E-state index in [9.17, 15) is 19.8 Å². The van der Waals surface area contributed by atoms with Crippen LogP contribution in [0.1, 0.15) is 71.4 Å². The molecule has 2 N–H and O–H groups in total. The number of phenols is 2.